The number of aromatic nitrogens is 1. The van der Waals surface area contributed by atoms with E-state index < -0.39 is 0 Å². The minimum atomic E-state index is -0.276. The third-order valence-corrected chi connectivity index (χ3v) is 3.63. The highest BCUT2D eigenvalue weighted by Gasteiger charge is 2.19. The summed E-state index contributed by atoms with van der Waals surface area (Å²) in [6.45, 7) is 2.57. The van der Waals surface area contributed by atoms with Gasteiger partial charge in [0.15, 0.2) is 5.15 Å². The van der Waals surface area contributed by atoms with Crippen molar-refractivity contribution >= 4 is 23.2 Å². The van der Waals surface area contributed by atoms with E-state index in [-0.39, 0.29) is 11.9 Å². The zero-order valence-corrected chi connectivity index (χ0v) is 12.8. The second-order valence-electron chi connectivity index (χ2n) is 4.91. The van der Waals surface area contributed by atoms with E-state index in [0.29, 0.717) is 17.4 Å². The molecular formula is C16H18ClN3O. The quantitative estimate of drug-likeness (QED) is 0.863. The molecule has 0 saturated heterocycles. The summed E-state index contributed by atoms with van der Waals surface area (Å²) in [7, 11) is 1.92. The highest BCUT2D eigenvalue weighted by Crippen LogP contribution is 2.18. The van der Waals surface area contributed by atoms with Gasteiger partial charge < -0.3 is 5.32 Å². The van der Waals surface area contributed by atoms with Gasteiger partial charge in [0.2, 0.25) is 5.91 Å². The molecule has 2 aromatic rings. The summed E-state index contributed by atoms with van der Waals surface area (Å²) in [5, 5.41) is 3.10. The largest absolute Gasteiger partial charge is 0.322 e. The van der Waals surface area contributed by atoms with Crippen molar-refractivity contribution in [2.24, 2.45) is 0 Å². The van der Waals surface area contributed by atoms with Crippen molar-refractivity contribution in [2.45, 2.75) is 19.5 Å². The molecule has 21 heavy (non-hydrogen) atoms. The highest BCUT2D eigenvalue weighted by atomic mass is 35.5. The molecule has 1 amide bonds. The van der Waals surface area contributed by atoms with Crippen molar-refractivity contribution < 1.29 is 4.79 Å². The van der Waals surface area contributed by atoms with Gasteiger partial charge in [-0.25, -0.2) is 4.98 Å². The third-order valence-electron chi connectivity index (χ3n) is 3.33. The SMILES string of the molecule is C[C@H](C(=O)Nc1cccnc1Cl)N(C)Cc1ccccc1. The summed E-state index contributed by atoms with van der Waals surface area (Å²) in [5.41, 5.74) is 1.70. The smallest absolute Gasteiger partial charge is 0.241 e. The van der Waals surface area contributed by atoms with Gasteiger partial charge in [-0.05, 0) is 31.7 Å². The van der Waals surface area contributed by atoms with Crippen molar-refractivity contribution in [1.82, 2.24) is 9.88 Å². The lowest BCUT2D eigenvalue weighted by Gasteiger charge is -2.24. The van der Waals surface area contributed by atoms with E-state index in [9.17, 15) is 4.79 Å². The summed E-state index contributed by atoms with van der Waals surface area (Å²) in [4.78, 5) is 18.2. The number of amides is 1. The van der Waals surface area contributed by atoms with Gasteiger partial charge in [0, 0.05) is 12.7 Å². The van der Waals surface area contributed by atoms with Crippen molar-refractivity contribution in [1.29, 1.82) is 0 Å². The van der Waals surface area contributed by atoms with E-state index in [1.807, 2.05) is 49.2 Å². The number of hydrogen-bond donors (Lipinski definition) is 1. The van der Waals surface area contributed by atoms with Gasteiger partial charge in [-0.15, -0.1) is 0 Å². The average Bonchev–Trinajstić information content (AvgIpc) is 2.49. The number of pyridine rings is 1. The minimum Gasteiger partial charge on any atom is -0.322 e. The molecule has 0 aliphatic heterocycles. The normalized spacial score (nSPS) is 12.2. The molecule has 1 heterocycles. The summed E-state index contributed by atoms with van der Waals surface area (Å²) in [5.74, 6) is -0.108. The van der Waals surface area contributed by atoms with Crippen LogP contribution in [-0.4, -0.2) is 28.9 Å². The van der Waals surface area contributed by atoms with Crippen molar-refractivity contribution in [2.75, 3.05) is 12.4 Å². The lowest BCUT2D eigenvalue weighted by molar-refractivity contribution is -0.120. The molecule has 0 radical (unpaired) electrons. The number of likely N-dealkylation sites (N-methyl/N-ethyl adjacent to an activating group) is 1. The zero-order valence-electron chi connectivity index (χ0n) is 12.1. The molecule has 5 heteroatoms. The molecule has 0 bridgehead atoms. The molecular weight excluding hydrogens is 286 g/mol. The summed E-state index contributed by atoms with van der Waals surface area (Å²) >= 11 is 5.94. The standard InChI is InChI=1S/C16H18ClN3O/c1-12(20(2)11-13-7-4-3-5-8-13)16(21)19-14-9-6-10-18-15(14)17/h3-10,12H,11H2,1-2H3,(H,19,21)/t12-/m1/s1. The van der Waals surface area contributed by atoms with Gasteiger partial charge in [-0.2, -0.15) is 0 Å². The number of nitrogens with one attached hydrogen (secondary N) is 1. The second-order valence-corrected chi connectivity index (χ2v) is 5.27. The first-order chi connectivity index (χ1) is 10.1. The van der Waals surface area contributed by atoms with Crippen molar-refractivity contribution in [3.63, 3.8) is 0 Å². The molecule has 4 nitrogen and oxygen atoms in total. The lowest BCUT2D eigenvalue weighted by atomic mass is 10.2. The lowest BCUT2D eigenvalue weighted by Crippen LogP contribution is -2.39. The molecule has 1 aromatic heterocycles. The molecule has 0 aliphatic carbocycles. The number of benzene rings is 1. The Morgan fingerprint density at radius 1 is 1.29 bits per heavy atom. The first-order valence-corrected chi connectivity index (χ1v) is 7.11. The maximum atomic E-state index is 12.3. The Hall–Kier alpha value is -1.91. The molecule has 1 aromatic carbocycles. The van der Waals surface area contributed by atoms with Gasteiger partial charge in [-0.1, -0.05) is 41.9 Å². The van der Waals surface area contributed by atoms with Crippen LogP contribution in [0.15, 0.2) is 48.7 Å². The van der Waals surface area contributed by atoms with Crippen LogP contribution >= 0.6 is 11.6 Å². The first kappa shape index (κ1) is 15.5. The maximum absolute atomic E-state index is 12.3. The van der Waals surface area contributed by atoms with E-state index in [1.54, 1.807) is 18.3 Å². The molecule has 2 rings (SSSR count). The molecule has 1 atom stereocenters. The topological polar surface area (TPSA) is 45.2 Å². The maximum Gasteiger partial charge on any atom is 0.241 e. The van der Waals surface area contributed by atoms with Crippen LogP contribution in [-0.2, 0) is 11.3 Å². The Labute approximate surface area is 129 Å². The fraction of sp³-hybridized carbons (Fsp3) is 0.250. The molecule has 0 fully saturated rings. The molecule has 0 spiro atoms. The van der Waals surface area contributed by atoms with E-state index in [4.69, 9.17) is 11.6 Å². The summed E-state index contributed by atoms with van der Waals surface area (Å²) < 4.78 is 0. The fourth-order valence-electron chi connectivity index (χ4n) is 1.92. The Kier molecular flexibility index (Phi) is 5.31. The number of anilines is 1. The summed E-state index contributed by atoms with van der Waals surface area (Å²) in [6, 6.07) is 13.2. The third kappa shape index (κ3) is 4.28. The van der Waals surface area contributed by atoms with E-state index in [2.05, 4.69) is 10.3 Å². The zero-order chi connectivity index (χ0) is 15.2. The Bertz CT molecular complexity index is 603. The van der Waals surface area contributed by atoms with Gasteiger partial charge >= 0.3 is 0 Å². The van der Waals surface area contributed by atoms with Gasteiger partial charge in [0.1, 0.15) is 0 Å². The average molecular weight is 304 g/mol. The number of rotatable bonds is 5. The van der Waals surface area contributed by atoms with Crippen LogP contribution < -0.4 is 5.32 Å². The highest BCUT2D eigenvalue weighted by molar-refractivity contribution is 6.32. The van der Waals surface area contributed by atoms with Crippen LogP contribution in [0.3, 0.4) is 0 Å². The molecule has 0 unspecified atom stereocenters. The monoisotopic (exact) mass is 303 g/mol. The van der Waals surface area contributed by atoms with E-state index in [0.717, 1.165) is 0 Å². The Morgan fingerprint density at radius 2 is 2.00 bits per heavy atom. The number of carbonyl (C=O) groups is 1. The molecule has 0 aliphatic rings. The first-order valence-electron chi connectivity index (χ1n) is 6.73. The Balaban J connectivity index is 1.97. The fourth-order valence-corrected chi connectivity index (χ4v) is 2.09. The number of halogens is 1. The van der Waals surface area contributed by atoms with Gasteiger partial charge in [-0.3, -0.25) is 9.69 Å². The number of carbonyl (C=O) groups excluding carboxylic acids is 1. The summed E-state index contributed by atoms with van der Waals surface area (Å²) in [6.07, 6.45) is 1.59. The van der Waals surface area contributed by atoms with Crippen LogP contribution in [0.4, 0.5) is 5.69 Å². The van der Waals surface area contributed by atoms with Gasteiger partial charge in [0.25, 0.3) is 0 Å². The van der Waals surface area contributed by atoms with Crippen molar-refractivity contribution in [3.8, 4) is 0 Å². The van der Waals surface area contributed by atoms with Gasteiger partial charge in [0.05, 0.1) is 11.7 Å². The van der Waals surface area contributed by atoms with Crippen LogP contribution in [0.5, 0.6) is 0 Å². The van der Waals surface area contributed by atoms with Crippen LogP contribution in [0, 0.1) is 0 Å². The van der Waals surface area contributed by atoms with Crippen LogP contribution in [0.1, 0.15) is 12.5 Å². The number of nitrogens with zero attached hydrogens (tertiary/aromatic N) is 2. The predicted molar refractivity (Wildman–Crippen MR) is 85.2 cm³/mol. The van der Waals surface area contributed by atoms with Crippen LogP contribution in [0.25, 0.3) is 0 Å². The molecule has 1 N–H and O–H groups in total. The van der Waals surface area contributed by atoms with Crippen LogP contribution in [0.2, 0.25) is 5.15 Å². The van der Waals surface area contributed by atoms with E-state index in [1.165, 1.54) is 5.56 Å². The predicted octanol–water partition coefficient (Wildman–Crippen LogP) is 3.19. The second kappa shape index (κ2) is 7.20. The number of hydrogen-bond acceptors (Lipinski definition) is 3. The Morgan fingerprint density at radius 3 is 2.67 bits per heavy atom. The molecule has 0 saturated carbocycles. The molecule has 110 valence electrons. The minimum absolute atomic E-state index is 0.108. The van der Waals surface area contributed by atoms with E-state index >= 15 is 0 Å². The van der Waals surface area contributed by atoms with Crippen molar-refractivity contribution in [3.05, 3.63) is 59.4 Å².